The first-order valence-corrected chi connectivity index (χ1v) is 8.04. The van der Waals surface area contributed by atoms with Gasteiger partial charge < -0.3 is 4.74 Å². The van der Waals surface area contributed by atoms with Gasteiger partial charge in [0.2, 0.25) is 0 Å². The molecule has 0 fully saturated rings. The predicted molar refractivity (Wildman–Crippen MR) is 87.7 cm³/mol. The van der Waals surface area contributed by atoms with Crippen LogP contribution in [0, 0.1) is 0 Å². The molecule has 3 rings (SSSR count). The minimum atomic E-state index is -0.0891. The van der Waals surface area contributed by atoms with E-state index in [0.29, 0.717) is 0 Å². The summed E-state index contributed by atoms with van der Waals surface area (Å²) in [4.78, 5) is 9.27. The summed E-state index contributed by atoms with van der Waals surface area (Å²) in [5, 5.41) is 0. The minimum Gasteiger partial charge on any atom is -0.493 e. The minimum absolute atomic E-state index is 0.0891. The fourth-order valence-electron chi connectivity index (χ4n) is 2.48. The normalized spacial score (nSPS) is 14.5. The molecule has 21 heavy (non-hydrogen) atoms. The van der Waals surface area contributed by atoms with Gasteiger partial charge in [0.1, 0.15) is 16.2 Å². The number of aryl methyl sites for hydroxylation is 1. The molecule has 1 aliphatic heterocycles. The smallest absolute Gasteiger partial charge is 0.135 e. The van der Waals surface area contributed by atoms with Crippen LogP contribution >= 0.6 is 15.9 Å². The molecule has 0 N–H and O–H groups in total. The van der Waals surface area contributed by atoms with Crippen LogP contribution in [0.25, 0.3) is 11.3 Å². The summed E-state index contributed by atoms with van der Waals surface area (Å²) in [7, 11) is 0. The summed E-state index contributed by atoms with van der Waals surface area (Å²) in [5.41, 5.74) is 3.15. The molecule has 2 aromatic rings. The van der Waals surface area contributed by atoms with Gasteiger partial charge in [0.25, 0.3) is 0 Å². The fraction of sp³-hybridized carbons (Fsp3) is 0.412. The topological polar surface area (TPSA) is 35.0 Å². The molecule has 0 atom stereocenters. The lowest BCUT2D eigenvalue weighted by Crippen LogP contribution is -2.17. The molecule has 2 heterocycles. The number of hydrogen-bond acceptors (Lipinski definition) is 3. The number of halogens is 1. The van der Waals surface area contributed by atoms with Gasteiger partial charge >= 0.3 is 0 Å². The van der Waals surface area contributed by atoms with Crippen molar-refractivity contribution in [2.24, 2.45) is 0 Å². The number of hydrogen-bond donors (Lipinski definition) is 0. The second-order valence-corrected chi connectivity index (χ2v) is 7.21. The highest BCUT2D eigenvalue weighted by Crippen LogP contribution is 2.36. The van der Waals surface area contributed by atoms with Crippen LogP contribution < -0.4 is 4.74 Å². The highest BCUT2D eigenvalue weighted by molar-refractivity contribution is 9.10. The molecule has 0 spiro atoms. The molecule has 0 amide bonds. The van der Waals surface area contributed by atoms with Crippen molar-refractivity contribution in [2.75, 3.05) is 6.61 Å². The second kappa shape index (κ2) is 5.41. The highest BCUT2D eigenvalue weighted by Gasteiger charge is 2.21. The first kappa shape index (κ1) is 14.5. The highest BCUT2D eigenvalue weighted by atomic mass is 79.9. The van der Waals surface area contributed by atoms with Crippen LogP contribution in [0.3, 0.4) is 0 Å². The van der Waals surface area contributed by atoms with Gasteiger partial charge in [0, 0.05) is 11.0 Å². The zero-order valence-electron chi connectivity index (χ0n) is 12.6. The Morgan fingerprint density at radius 1 is 1.19 bits per heavy atom. The summed E-state index contributed by atoms with van der Waals surface area (Å²) in [5.74, 6) is 1.81. The number of para-hydroxylation sites is 1. The van der Waals surface area contributed by atoms with Crippen molar-refractivity contribution in [3.63, 3.8) is 0 Å². The maximum Gasteiger partial charge on any atom is 0.135 e. The molecule has 0 unspecified atom stereocenters. The third kappa shape index (κ3) is 2.95. The van der Waals surface area contributed by atoms with Crippen molar-refractivity contribution < 1.29 is 4.74 Å². The van der Waals surface area contributed by atoms with E-state index in [9.17, 15) is 0 Å². The Bertz CT molecular complexity index is 677. The van der Waals surface area contributed by atoms with E-state index in [1.807, 2.05) is 6.07 Å². The third-order valence-electron chi connectivity index (χ3n) is 3.58. The van der Waals surface area contributed by atoms with Crippen molar-refractivity contribution >= 4 is 15.9 Å². The van der Waals surface area contributed by atoms with Crippen molar-refractivity contribution in [1.29, 1.82) is 0 Å². The molecule has 0 saturated carbocycles. The Morgan fingerprint density at radius 2 is 2.00 bits per heavy atom. The molecule has 0 bridgehead atoms. The zero-order valence-corrected chi connectivity index (χ0v) is 14.2. The van der Waals surface area contributed by atoms with Crippen LogP contribution in [0.4, 0.5) is 0 Å². The van der Waals surface area contributed by atoms with Crippen molar-refractivity contribution in [1.82, 2.24) is 9.97 Å². The van der Waals surface area contributed by atoms with E-state index < -0.39 is 0 Å². The van der Waals surface area contributed by atoms with Gasteiger partial charge in [0.15, 0.2) is 0 Å². The molecule has 3 nitrogen and oxygen atoms in total. The molecule has 1 aromatic carbocycles. The number of benzene rings is 1. The average molecular weight is 347 g/mol. The van der Waals surface area contributed by atoms with E-state index >= 15 is 0 Å². The van der Waals surface area contributed by atoms with Crippen LogP contribution in [-0.4, -0.2) is 16.6 Å². The Kier molecular flexibility index (Phi) is 3.74. The average Bonchev–Trinajstić information content (AvgIpc) is 2.45. The van der Waals surface area contributed by atoms with E-state index in [0.717, 1.165) is 46.9 Å². The van der Waals surface area contributed by atoms with E-state index in [-0.39, 0.29) is 5.41 Å². The summed E-state index contributed by atoms with van der Waals surface area (Å²) >= 11 is 3.51. The van der Waals surface area contributed by atoms with Gasteiger partial charge in [-0.3, -0.25) is 0 Å². The Hall–Kier alpha value is -1.42. The largest absolute Gasteiger partial charge is 0.493 e. The fourth-order valence-corrected chi connectivity index (χ4v) is 2.87. The van der Waals surface area contributed by atoms with Crippen molar-refractivity contribution in [2.45, 2.75) is 39.0 Å². The number of nitrogens with zero attached hydrogens (tertiary/aromatic N) is 2. The predicted octanol–water partition coefficient (Wildman–Crippen LogP) is 4.53. The van der Waals surface area contributed by atoms with Gasteiger partial charge in [-0.15, -0.1) is 0 Å². The number of fused-ring (bicyclic) bond motifs is 1. The summed E-state index contributed by atoms with van der Waals surface area (Å²) in [6.45, 7) is 7.14. The molecule has 0 radical (unpaired) electrons. The van der Waals surface area contributed by atoms with Crippen molar-refractivity contribution in [3.05, 3.63) is 40.3 Å². The number of rotatable bonds is 1. The Labute approximate surface area is 133 Å². The summed E-state index contributed by atoms with van der Waals surface area (Å²) in [6.07, 6.45) is 2.15. The Morgan fingerprint density at radius 3 is 2.76 bits per heavy atom. The third-order valence-corrected chi connectivity index (χ3v) is 3.98. The Balaban J connectivity index is 2.15. The zero-order chi connectivity index (χ0) is 15.0. The molecule has 110 valence electrons. The molecule has 1 aliphatic rings. The van der Waals surface area contributed by atoms with Gasteiger partial charge in [-0.2, -0.15) is 0 Å². The van der Waals surface area contributed by atoms with E-state index in [1.165, 1.54) is 5.56 Å². The summed E-state index contributed by atoms with van der Waals surface area (Å²) in [6, 6.07) is 8.25. The maximum absolute atomic E-state index is 5.90. The van der Waals surface area contributed by atoms with Gasteiger partial charge in [-0.25, -0.2) is 9.97 Å². The molecule has 0 aliphatic carbocycles. The standard InChI is InChI=1S/C17H19BrN2O/c1-17(2,3)16-19-13(10-14(18)20-16)12-8-4-6-11-7-5-9-21-15(11)12/h4,6,8,10H,5,7,9H2,1-3H3. The molecule has 1 aromatic heterocycles. The van der Waals surface area contributed by atoms with Crippen LogP contribution in [0.15, 0.2) is 28.9 Å². The second-order valence-electron chi connectivity index (χ2n) is 6.40. The monoisotopic (exact) mass is 346 g/mol. The number of aromatic nitrogens is 2. The van der Waals surface area contributed by atoms with Crippen molar-refractivity contribution in [3.8, 4) is 17.0 Å². The quantitative estimate of drug-likeness (QED) is 0.711. The van der Waals surface area contributed by atoms with Gasteiger partial charge in [-0.05, 0) is 46.5 Å². The molecular formula is C17H19BrN2O. The lowest BCUT2D eigenvalue weighted by atomic mass is 9.95. The lowest BCUT2D eigenvalue weighted by Gasteiger charge is -2.21. The van der Waals surface area contributed by atoms with E-state index in [4.69, 9.17) is 9.72 Å². The molecule has 0 saturated heterocycles. The maximum atomic E-state index is 5.90. The number of ether oxygens (including phenoxy) is 1. The van der Waals surface area contributed by atoms with E-state index in [2.05, 4.69) is 59.9 Å². The van der Waals surface area contributed by atoms with E-state index in [1.54, 1.807) is 0 Å². The molecule has 4 heteroatoms. The van der Waals surface area contributed by atoms with Gasteiger partial charge in [0.05, 0.1) is 12.3 Å². The first-order chi connectivity index (χ1) is 9.95. The van der Waals surface area contributed by atoms with Crippen LogP contribution in [0.1, 0.15) is 38.6 Å². The SMILES string of the molecule is CC(C)(C)c1nc(Br)cc(-c2cccc3c2OCCC3)n1. The summed E-state index contributed by atoms with van der Waals surface area (Å²) < 4.78 is 6.71. The van der Waals surface area contributed by atoms with Crippen LogP contribution in [0.5, 0.6) is 5.75 Å². The molecular weight excluding hydrogens is 328 g/mol. The lowest BCUT2D eigenvalue weighted by molar-refractivity contribution is 0.289. The first-order valence-electron chi connectivity index (χ1n) is 7.25. The van der Waals surface area contributed by atoms with Gasteiger partial charge in [-0.1, -0.05) is 32.9 Å². The van der Waals surface area contributed by atoms with Crippen LogP contribution in [0.2, 0.25) is 0 Å². The van der Waals surface area contributed by atoms with Crippen LogP contribution in [-0.2, 0) is 11.8 Å².